The van der Waals surface area contributed by atoms with Crippen LogP contribution in [0.15, 0.2) is 48.5 Å². The Morgan fingerprint density at radius 1 is 0.957 bits per heavy atom. The maximum absolute atomic E-state index is 14.6. The molecule has 3 aromatic rings. The number of aromatic nitrogens is 2. The molecule has 3 fully saturated rings. The molecule has 0 saturated carbocycles. The van der Waals surface area contributed by atoms with Gasteiger partial charge in [0.05, 0.1) is 11.0 Å². The zero-order chi connectivity index (χ0) is 33.6. The van der Waals surface area contributed by atoms with Gasteiger partial charge in [-0.2, -0.15) is 13.2 Å². The first-order valence-electron chi connectivity index (χ1n) is 17.0. The Morgan fingerprint density at radius 3 is 2.23 bits per heavy atom. The molecule has 0 spiro atoms. The number of hydrogen-bond acceptors (Lipinski definition) is 4. The van der Waals surface area contributed by atoms with Crippen LogP contribution in [0, 0.1) is 12.7 Å². The topological polar surface area (TPSA) is 70.5 Å². The van der Waals surface area contributed by atoms with E-state index in [0.29, 0.717) is 44.1 Å². The molecule has 2 bridgehead atoms. The minimum atomic E-state index is -5.08. The third-order valence-electron chi connectivity index (χ3n) is 11.5. The Hall–Kier alpha value is -3.47. The zero-order valence-corrected chi connectivity index (χ0v) is 27.5. The number of carbonyl (C=O) groups excluding carboxylic acids is 2. The Kier molecular flexibility index (Phi) is 9.15. The van der Waals surface area contributed by atoms with Gasteiger partial charge in [-0.15, -0.1) is 0 Å². The number of imidazole rings is 1. The smallest absolute Gasteiger partial charge is 0.341 e. The van der Waals surface area contributed by atoms with E-state index in [9.17, 15) is 27.2 Å². The number of piperidine rings is 2. The molecule has 254 valence electrons. The standard InChI is InChI=1S/C36H45F4N5O2/c1-4-35(5-2,42-32(46)36(38,39)40)33(47)43-18-15-34(16-19-43,25-9-8-10-26(37)21-25)17-20-44-27-13-14-28(44)23-29(22-27)45-24(3)41-30-11-6-7-12-31(30)45/h6-12,21,27-29H,4-5,13-20,22-23H2,1-3H3,(H,42,46). The molecule has 2 unspecified atom stereocenters. The number of carbonyl (C=O) groups is 2. The van der Waals surface area contributed by atoms with Crippen LogP contribution in [0.25, 0.3) is 11.0 Å². The summed E-state index contributed by atoms with van der Waals surface area (Å²) in [7, 11) is 0. The monoisotopic (exact) mass is 655 g/mol. The summed E-state index contributed by atoms with van der Waals surface area (Å²) in [5, 5.41) is 2.02. The Morgan fingerprint density at radius 2 is 1.62 bits per heavy atom. The Balaban J connectivity index is 1.18. The van der Waals surface area contributed by atoms with Gasteiger partial charge < -0.3 is 14.8 Å². The fourth-order valence-corrected chi connectivity index (χ4v) is 8.80. The van der Waals surface area contributed by atoms with Gasteiger partial charge in [0, 0.05) is 31.2 Å². The lowest BCUT2D eigenvalue weighted by molar-refractivity contribution is -0.177. The Bertz CT molecular complexity index is 1590. The molecule has 1 N–H and O–H groups in total. The van der Waals surface area contributed by atoms with Crippen molar-refractivity contribution >= 4 is 22.8 Å². The van der Waals surface area contributed by atoms with Gasteiger partial charge in [0.15, 0.2) is 0 Å². The molecule has 4 heterocycles. The molecule has 7 nitrogen and oxygen atoms in total. The number of amides is 2. The van der Waals surface area contributed by atoms with Gasteiger partial charge in [0.2, 0.25) is 5.91 Å². The lowest BCUT2D eigenvalue weighted by Gasteiger charge is -2.47. The number of alkyl halides is 3. The average Bonchev–Trinajstić information content (AvgIpc) is 3.52. The summed E-state index contributed by atoms with van der Waals surface area (Å²) in [4.78, 5) is 34.7. The molecular weight excluding hydrogens is 610 g/mol. The summed E-state index contributed by atoms with van der Waals surface area (Å²) >= 11 is 0. The van der Waals surface area contributed by atoms with Crippen molar-refractivity contribution in [2.75, 3.05) is 19.6 Å². The summed E-state index contributed by atoms with van der Waals surface area (Å²) in [6, 6.07) is 16.3. The molecule has 0 radical (unpaired) electrons. The third-order valence-corrected chi connectivity index (χ3v) is 11.5. The fourth-order valence-electron chi connectivity index (χ4n) is 8.80. The second kappa shape index (κ2) is 12.9. The van der Waals surface area contributed by atoms with Crippen LogP contribution >= 0.6 is 0 Å². The molecule has 2 atom stereocenters. The number of rotatable bonds is 9. The quantitative estimate of drug-likeness (QED) is 0.257. The maximum atomic E-state index is 14.6. The number of benzene rings is 2. The van der Waals surface area contributed by atoms with E-state index in [2.05, 4.69) is 34.6 Å². The van der Waals surface area contributed by atoms with E-state index < -0.39 is 23.5 Å². The van der Waals surface area contributed by atoms with E-state index in [1.807, 2.05) is 17.4 Å². The van der Waals surface area contributed by atoms with E-state index in [-0.39, 0.29) is 24.1 Å². The predicted octanol–water partition coefficient (Wildman–Crippen LogP) is 6.84. The van der Waals surface area contributed by atoms with Crippen LogP contribution in [0.2, 0.25) is 0 Å². The molecule has 2 aromatic carbocycles. The van der Waals surface area contributed by atoms with Crippen molar-refractivity contribution in [3.63, 3.8) is 0 Å². The number of halogens is 4. The third kappa shape index (κ3) is 6.27. The normalized spacial score (nSPS) is 23.3. The van der Waals surface area contributed by atoms with E-state index in [1.54, 1.807) is 30.9 Å². The number of para-hydroxylation sites is 2. The lowest BCUT2D eigenvalue weighted by atomic mass is 9.70. The largest absolute Gasteiger partial charge is 0.471 e. The summed E-state index contributed by atoms with van der Waals surface area (Å²) in [5.74, 6) is -1.86. The lowest BCUT2D eigenvalue weighted by Crippen LogP contribution is -2.62. The predicted molar refractivity (Wildman–Crippen MR) is 172 cm³/mol. The fraction of sp³-hybridized carbons (Fsp3) is 0.583. The number of aryl methyl sites for hydroxylation is 1. The van der Waals surface area contributed by atoms with Crippen molar-refractivity contribution in [1.82, 2.24) is 24.7 Å². The highest BCUT2D eigenvalue weighted by Crippen LogP contribution is 2.45. The van der Waals surface area contributed by atoms with Gasteiger partial charge in [0.25, 0.3) is 0 Å². The molecule has 3 aliphatic heterocycles. The van der Waals surface area contributed by atoms with Gasteiger partial charge in [-0.3, -0.25) is 14.5 Å². The first-order valence-corrected chi connectivity index (χ1v) is 17.0. The maximum Gasteiger partial charge on any atom is 0.471 e. The van der Waals surface area contributed by atoms with E-state index in [4.69, 9.17) is 4.98 Å². The van der Waals surface area contributed by atoms with Crippen LogP contribution in [0.4, 0.5) is 17.6 Å². The van der Waals surface area contributed by atoms with Crippen LogP contribution in [0.5, 0.6) is 0 Å². The van der Waals surface area contributed by atoms with Gasteiger partial charge in [-0.05, 0) is 106 Å². The van der Waals surface area contributed by atoms with Gasteiger partial charge in [0.1, 0.15) is 17.2 Å². The second-order valence-electron chi connectivity index (χ2n) is 13.8. The summed E-state index contributed by atoms with van der Waals surface area (Å²) < 4.78 is 56.5. The highest BCUT2D eigenvalue weighted by molar-refractivity contribution is 5.93. The number of likely N-dealkylation sites (tertiary alicyclic amines) is 1. The van der Waals surface area contributed by atoms with Crippen molar-refractivity contribution in [2.45, 2.75) is 114 Å². The van der Waals surface area contributed by atoms with Crippen LogP contribution in [-0.4, -0.2) is 74.6 Å². The molecule has 3 aliphatic rings. The number of nitrogens with zero attached hydrogens (tertiary/aromatic N) is 4. The van der Waals surface area contributed by atoms with Crippen LogP contribution in [0.1, 0.15) is 89.1 Å². The highest BCUT2D eigenvalue weighted by atomic mass is 19.4. The average molecular weight is 656 g/mol. The van der Waals surface area contributed by atoms with Crippen molar-refractivity contribution in [2.24, 2.45) is 0 Å². The van der Waals surface area contributed by atoms with Crippen LogP contribution < -0.4 is 5.32 Å². The molecule has 2 amide bonds. The van der Waals surface area contributed by atoms with Crippen molar-refractivity contribution in [3.05, 3.63) is 65.7 Å². The van der Waals surface area contributed by atoms with Gasteiger partial charge >= 0.3 is 12.1 Å². The van der Waals surface area contributed by atoms with E-state index in [0.717, 1.165) is 55.6 Å². The molecule has 47 heavy (non-hydrogen) atoms. The second-order valence-corrected chi connectivity index (χ2v) is 13.8. The van der Waals surface area contributed by atoms with E-state index >= 15 is 0 Å². The Labute approximate surface area is 273 Å². The van der Waals surface area contributed by atoms with Crippen LogP contribution in [-0.2, 0) is 15.0 Å². The summed E-state index contributed by atoms with van der Waals surface area (Å²) in [6.07, 6.45) is 1.30. The molecule has 1 aromatic heterocycles. The molecular formula is C36H45F4N5O2. The number of nitrogens with one attached hydrogen (secondary N) is 1. The summed E-state index contributed by atoms with van der Waals surface area (Å²) in [5.41, 5.74) is 1.09. The SMILES string of the molecule is CCC(CC)(NC(=O)C(F)(F)F)C(=O)N1CCC(CCN2C3CCC2CC(n2c(C)nc4ccccc42)C3)(c2cccc(F)c2)CC1. The van der Waals surface area contributed by atoms with Crippen molar-refractivity contribution in [3.8, 4) is 0 Å². The van der Waals surface area contributed by atoms with Crippen molar-refractivity contribution < 1.29 is 27.2 Å². The number of hydrogen-bond donors (Lipinski definition) is 1. The summed E-state index contributed by atoms with van der Waals surface area (Å²) in [6.45, 7) is 6.82. The molecule has 6 rings (SSSR count). The number of fused-ring (bicyclic) bond motifs is 3. The van der Waals surface area contributed by atoms with Gasteiger partial charge in [-0.1, -0.05) is 38.1 Å². The molecule has 11 heteroatoms. The zero-order valence-electron chi connectivity index (χ0n) is 27.5. The first kappa shape index (κ1) is 33.4. The van der Waals surface area contributed by atoms with Crippen molar-refractivity contribution in [1.29, 1.82) is 0 Å². The molecule has 0 aliphatic carbocycles. The minimum absolute atomic E-state index is 0.0445. The highest BCUT2D eigenvalue weighted by Gasteiger charge is 2.49. The minimum Gasteiger partial charge on any atom is -0.341 e. The van der Waals surface area contributed by atoms with Gasteiger partial charge in [-0.25, -0.2) is 9.37 Å². The first-order chi connectivity index (χ1) is 22.4. The van der Waals surface area contributed by atoms with E-state index in [1.165, 1.54) is 11.6 Å². The molecule has 3 saturated heterocycles. The van der Waals surface area contributed by atoms with Crippen LogP contribution in [0.3, 0.4) is 0 Å².